The van der Waals surface area contributed by atoms with Gasteiger partial charge in [0.2, 0.25) is 11.8 Å². The molecule has 1 fully saturated rings. The van der Waals surface area contributed by atoms with Crippen LogP contribution in [0.25, 0.3) is 0 Å². The molecule has 2 rings (SSSR count). The minimum Gasteiger partial charge on any atom is -0.322 e. The monoisotopic (exact) mass is 263 g/mol. The summed E-state index contributed by atoms with van der Waals surface area (Å²) in [5, 5.41) is 2.17. The third kappa shape index (κ3) is 2.38. The molecule has 0 aromatic carbocycles. The molecule has 1 aromatic rings. The van der Waals surface area contributed by atoms with E-state index in [4.69, 9.17) is 5.84 Å². The van der Waals surface area contributed by atoms with Gasteiger partial charge < -0.3 is 10.3 Å². The lowest BCUT2D eigenvalue weighted by atomic mass is 10.1. The Morgan fingerprint density at radius 3 is 3.00 bits per heavy atom. The largest absolute Gasteiger partial charge is 0.322 e. The summed E-state index contributed by atoms with van der Waals surface area (Å²) < 4.78 is 0. The summed E-state index contributed by atoms with van der Waals surface area (Å²) in [6.07, 6.45) is 2.83. The lowest BCUT2D eigenvalue weighted by Gasteiger charge is -2.32. The Morgan fingerprint density at radius 1 is 1.58 bits per heavy atom. The average molecular weight is 263 g/mol. The minimum absolute atomic E-state index is 0.169. The predicted molar refractivity (Wildman–Crippen MR) is 65.7 cm³/mol. The van der Waals surface area contributed by atoms with Crippen molar-refractivity contribution in [1.82, 2.24) is 15.2 Å². The molecule has 8 heteroatoms. The van der Waals surface area contributed by atoms with Crippen LogP contribution in [0, 0.1) is 0 Å². The van der Waals surface area contributed by atoms with Crippen molar-refractivity contribution in [3.8, 4) is 0 Å². The Labute approximate surface area is 108 Å². The van der Waals surface area contributed by atoms with E-state index in [1.54, 1.807) is 6.92 Å². The molecule has 4 N–H and O–H groups in total. The van der Waals surface area contributed by atoms with Crippen molar-refractivity contribution < 1.29 is 14.4 Å². The van der Waals surface area contributed by atoms with Crippen LogP contribution < -0.4 is 16.6 Å². The highest BCUT2D eigenvalue weighted by molar-refractivity contribution is 6.08. The number of hydrazine groups is 1. The number of carbonyl (C=O) groups is 3. The SMILES string of the molecule is CC1C(=O)NC(=O)CN1C(=O)c1ccncc1NN. The molecule has 1 aromatic heterocycles. The first kappa shape index (κ1) is 13.0. The molecular formula is C11H13N5O3. The van der Waals surface area contributed by atoms with Crippen LogP contribution in [0.2, 0.25) is 0 Å². The third-order valence-corrected chi connectivity index (χ3v) is 2.89. The normalized spacial score (nSPS) is 19.1. The van der Waals surface area contributed by atoms with E-state index in [0.29, 0.717) is 5.69 Å². The molecule has 0 radical (unpaired) electrons. The Balaban J connectivity index is 2.32. The predicted octanol–water partition coefficient (Wildman–Crippen LogP) is -1.15. The first-order valence-corrected chi connectivity index (χ1v) is 5.60. The van der Waals surface area contributed by atoms with E-state index < -0.39 is 23.8 Å². The van der Waals surface area contributed by atoms with Gasteiger partial charge in [-0.25, -0.2) is 0 Å². The average Bonchev–Trinajstić information content (AvgIpc) is 2.42. The maximum Gasteiger partial charge on any atom is 0.257 e. The molecule has 0 aliphatic carbocycles. The number of pyridine rings is 1. The Hall–Kier alpha value is -2.48. The van der Waals surface area contributed by atoms with Crippen LogP contribution >= 0.6 is 0 Å². The number of rotatable bonds is 2. The van der Waals surface area contributed by atoms with Gasteiger partial charge in [0.25, 0.3) is 5.91 Å². The first-order chi connectivity index (χ1) is 9.04. The van der Waals surface area contributed by atoms with Gasteiger partial charge in [0, 0.05) is 6.20 Å². The van der Waals surface area contributed by atoms with Crippen LogP contribution in [0.4, 0.5) is 5.69 Å². The van der Waals surface area contributed by atoms with Crippen molar-refractivity contribution in [2.24, 2.45) is 5.84 Å². The summed E-state index contributed by atoms with van der Waals surface area (Å²) >= 11 is 0. The summed E-state index contributed by atoms with van der Waals surface area (Å²) in [6, 6.07) is 0.755. The van der Waals surface area contributed by atoms with E-state index >= 15 is 0 Å². The quantitative estimate of drug-likeness (QED) is 0.352. The number of nitrogens with zero attached hydrogens (tertiary/aromatic N) is 2. The molecule has 1 aliphatic heterocycles. The van der Waals surface area contributed by atoms with Gasteiger partial charge in [-0.2, -0.15) is 0 Å². The molecular weight excluding hydrogens is 250 g/mol. The maximum atomic E-state index is 12.4. The van der Waals surface area contributed by atoms with Crippen molar-refractivity contribution in [3.63, 3.8) is 0 Å². The zero-order chi connectivity index (χ0) is 14.0. The van der Waals surface area contributed by atoms with E-state index in [-0.39, 0.29) is 12.1 Å². The molecule has 1 saturated heterocycles. The molecule has 0 saturated carbocycles. The van der Waals surface area contributed by atoms with E-state index in [0.717, 1.165) is 0 Å². The summed E-state index contributed by atoms with van der Waals surface area (Å²) in [5.74, 6) is 3.84. The van der Waals surface area contributed by atoms with E-state index in [1.165, 1.54) is 23.4 Å². The van der Waals surface area contributed by atoms with Crippen LogP contribution in [0.1, 0.15) is 17.3 Å². The Kier molecular flexibility index (Phi) is 3.43. The second-order valence-corrected chi connectivity index (χ2v) is 4.09. The number of piperazine rings is 1. The van der Waals surface area contributed by atoms with Gasteiger partial charge in [-0.1, -0.05) is 0 Å². The smallest absolute Gasteiger partial charge is 0.257 e. The van der Waals surface area contributed by atoms with Crippen molar-refractivity contribution >= 4 is 23.4 Å². The van der Waals surface area contributed by atoms with E-state index in [9.17, 15) is 14.4 Å². The number of carbonyl (C=O) groups excluding carboxylic acids is 3. The van der Waals surface area contributed by atoms with Crippen LogP contribution in [0.3, 0.4) is 0 Å². The highest BCUT2D eigenvalue weighted by Crippen LogP contribution is 2.17. The van der Waals surface area contributed by atoms with E-state index in [1.807, 2.05) is 0 Å². The molecule has 3 amide bonds. The van der Waals surface area contributed by atoms with Gasteiger partial charge in [0.05, 0.1) is 17.4 Å². The van der Waals surface area contributed by atoms with Gasteiger partial charge in [-0.15, -0.1) is 0 Å². The van der Waals surface area contributed by atoms with Crippen molar-refractivity contribution in [2.75, 3.05) is 12.0 Å². The fraction of sp³-hybridized carbons (Fsp3) is 0.273. The van der Waals surface area contributed by atoms with Crippen LogP contribution in [-0.2, 0) is 9.59 Å². The molecule has 2 heterocycles. The molecule has 19 heavy (non-hydrogen) atoms. The molecule has 0 spiro atoms. The number of nitrogens with one attached hydrogen (secondary N) is 2. The van der Waals surface area contributed by atoms with E-state index in [2.05, 4.69) is 15.7 Å². The highest BCUT2D eigenvalue weighted by Gasteiger charge is 2.34. The van der Waals surface area contributed by atoms with Crippen LogP contribution in [0.15, 0.2) is 18.5 Å². The zero-order valence-corrected chi connectivity index (χ0v) is 10.2. The van der Waals surface area contributed by atoms with Crippen LogP contribution in [-0.4, -0.2) is 40.2 Å². The lowest BCUT2D eigenvalue weighted by Crippen LogP contribution is -2.58. The number of amides is 3. The standard InChI is InChI=1S/C11H13N5O3/c1-6-10(18)14-9(17)5-16(6)11(19)7-2-3-13-4-8(7)15-12/h2-4,6,15H,5,12H2,1H3,(H,14,17,18). The number of aromatic nitrogens is 1. The number of anilines is 1. The van der Waals surface area contributed by atoms with Gasteiger partial charge >= 0.3 is 0 Å². The molecule has 0 bridgehead atoms. The topological polar surface area (TPSA) is 117 Å². The number of hydrogen-bond acceptors (Lipinski definition) is 6. The molecule has 1 unspecified atom stereocenters. The number of nitrogens with two attached hydrogens (primary N) is 1. The van der Waals surface area contributed by atoms with Crippen LogP contribution in [0.5, 0.6) is 0 Å². The second kappa shape index (κ2) is 5.02. The second-order valence-electron chi connectivity index (χ2n) is 4.09. The first-order valence-electron chi connectivity index (χ1n) is 5.60. The Morgan fingerprint density at radius 2 is 2.32 bits per heavy atom. The molecule has 1 atom stereocenters. The number of nitrogen functional groups attached to an aromatic ring is 1. The van der Waals surface area contributed by atoms with Crippen molar-refractivity contribution in [2.45, 2.75) is 13.0 Å². The van der Waals surface area contributed by atoms with Crippen molar-refractivity contribution in [1.29, 1.82) is 0 Å². The fourth-order valence-electron chi connectivity index (χ4n) is 1.81. The summed E-state index contributed by atoms with van der Waals surface area (Å²) in [5.41, 5.74) is 2.95. The molecule has 1 aliphatic rings. The van der Waals surface area contributed by atoms with Gasteiger partial charge in [0.1, 0.15) is 12.6 Å². The summed E-state index contributed by atoms with van der Waals surface area (Å²) in [7, 11) is 0. The zero-order valence-electron chi connectivity index (χ0n) is 10.2. The fourth-order valence-corrected chi connectivity index (χ4v) is 1.81. The van der Waals surface area contributed by atoms with Crippen molar-refractivity contribution in [3.05, 3.63) is 24.0 Å². The van der Waals surface area contributed by atoms with Gasteiger partial charge in [0.15, 0.2) is 0 Å². The summed E-state index contributed by atoms with van der Waals surface area (Å²) in [4.78, 5) is 40.2. The summed E-state index contributed by atoms with van der Waals surface area (Å²) in [6.45, 7) is 1.38. The Bertz CT molecular complexity index is 545. The molecule has 8 nitrogen and oxygen atoms in total. The van der Waals surface area contributed by atoms with Gasteiger partial charge in [-0.05, 0) is 13.0 Å². The van der Waals surface area contributed by atoms with Gasteiger partial charge in [-0.3, -0.25) is 30.5 Å². The number of hydrogen-bond donors (Lipinski definition) is 3. The lowest BCUT2D eigenvalue weighted by molar-refractivity contribution is -0.138. The third-order valence-electron chi connectivity index (χ3n) is 2.89. The maximum absolute atomic E-state index is 12.4. The molecule has 100 valence electrons. The highest BCUT2D eigenvalue weighted by atomic mass is 16.2. The minimum atomic E-state index is -0.719. The number of imide groups is 1.